The van der Waals surface area contributed by atoms with E-state index in [2.05, 4.69) is 70.7 Å². The standard InChI is InChI=1S/C31H48O3Si/c1-24-21-22-27(31(2,3)26-17-10-8-11-18-26)29(23-24)33-30(32)20-12-7-9-15-25-16-13-14-19-28(25)34-35(4,5)6/h8,10-12,17-18,20,24,27,29H,7,9,13-16,19,21-23H2,1-6H3/b20-12+/t24-,27-,29-/m1/s1. The van der Waals surface area contributed by atoms with Crippen LogP contribution >= 0.6 is 0 Å². The van der Waals surface area contributed by atoms with Crippen molar-refractivity contribution in [2.45, 2.75) is 116 Å². The van der Waals surface area contributed by atoms with Gasteiger partial charge in [-0.15, -0.1) is 0 Å². The number of ether oxygens (including phenoxy) is 1. The van der Waals surface area contributed by atoms with E-state index in [0.717, 1.165) is 38.5 Å². The van der Waals surface area contributed by atoms with Gasteiger partial charge in [0.25, 0.3) is 0 Å². The van der Waals surface area contributed by atoms with Gasteiger partial charge >= 0.3 is 5.97 Å². The summed E-state index contributed by atoms with van der Waals surface area (Å²) >= 11 is 0. The molecular formula is C31H48O3Si. The van der Waals surface area contributed by atoms with E-state index in [1.165, 1.54) is 42.6 Å². The lowest BCUT2D eigenvalue weighted by molar-refractivity contribution is -0.150. The number of hydrogen-bond donors (Lipinski definition) is 0. The molecule has 2 aliphatic carbocycles. The van der Waals surface area contributed by atoms with Gasteiger partial charge in [-0.3, -0.25) is 0 Å². The van der Waals surface area contributed by atoms with Crippen molar-refractivity contribution in [1.29, 1.82) is 0 Å². The normalized spacial score (nSPS) is 24.0. The molecular weight excluding hydrogens is 448 g/mol. The summed E-state index contributed by atoms with van der Waals surface area (Å²) in [6.07, 6.45) is 14.7. The van der Waals surface area contributed by atoms with E-state index < -0.39 is 8.32 Å². The Balaban J connectivity index is 1.54. The first-order chi connectivity index (χ1) is 16.6. The maximum atomic E-state index is 12.8. The number of rotatable bonds is 10. The minimum absolute atomic E-state index is 0.0280. The molecule has 0 aliphatic heterocycles. The van der Waals surface area contributed by atoms with E-state index in [4.69, 9.17) is 9.16 Å². The molecule has 3 nitrogen and oxygen atoms in total. The largest absolute Gasteiger partial charge is 0.547 e. The zero-order valence-corrected chi connectivity index (χ0v) is 24.1. The van der Waals surface area contributed by atoms with Gasteiger partial charge in [0.1, 0.15) is 6.10 Å². The second-order valence-corrected chi connectivity index (χ2v) is 16.8. The van der Waals surface area contributed by atoms with Gasteiger partial charge in [0.2, 0.25) is 8.32 Å². The lowest BCUT2D eigenvalue weighted by atomic mass is 9.64. The fraction of sp³-hybridized carbons (Fsp3) is 0.645. The molecule has 3 rings (SSSR count). The fourth-order valence-electron chi connectivity index (χ4n) is 5.86. The Morgan fingerprint density at radius 2 is 1.80 bits per heavy atom. The number of carbonyl (C=O) groups is 1. The Hall–Kier alpha value is -1.81. The molecule has 4 heteroatoms. The van der Waals surface area contributed by atoms with Crippen LogP contribution in [0, 0.1) is 11.8 Å². The van der Waals surface area contributed by atoms with Gasteiger partial charge < -0.3 is 9.16 Å². The predicted molar refractivity (Wildman–Crippen MR) is 149 cm³/mol. The van der Waals surface area contributed by atoms with Gasteiger partial charge in [-0.2, -0.15) is 0 Å². The van der Waals surface area contributed by atoms with Crippen molar-refractivity contribution in [3.8, 4) is 0 Å². The summed E-state index contributed by atoms with van der Waals surface area (Å²) in [7, 11) is -1.56. The molecule has 0 saturated heterocycles. The predicted octanol–water partition coefficient (Wildman–Crippen LogP) is 8.72. The molecule has 3 atom stereocenters. The van der Waals surface area contributed by atoms with E-state index in [1.54, 1.807) is 6.08 Å². The molecule has 35 heavy (non-hydrogen) atoms. The molecule has 1 aromatic carbocycles. The van der Waals surface area contributed by atoms with Crippen LogP contribution in [0.4, 0.5) is 0 Å². The second-order valence-electron chi connectivity index (χ2n) is 12.3. The van der Waals surface area contributed by atoms with Crippen LogP contribution in [0.5, 0.6) is 0 Å². The van der Waals surface area contributed by atoms with Crippen molar-refractivity contribution in [3.05, 3.63) is 59.4 Å². The van der Waals surface area contributed by atoms with Gasteiger partial charge in [-0.25, -0.2) is 4.79 Å². The van der Waals surface area contributed by atoms with Crippen LogP contribution in [0.3, 0.4) is 0 Å². The van der Waals surface area contributed by atoms with Crippen molar-refractivity contribution >= 4 is 14.3 Å². The summed E-state index contributed by atoms with van der Waals surface area (Å²) in [5.41, 5.74) is 2.81. The summed E-state index contributed by atoms with van der Waals surface area (Å²) in [5, 5.41) is 0. The number of allylic oxidation sites excluding steroid dienone is 3. The maximum absolute atomic E-state index is 12.8. The van der Waals surface area contributed by atoms with E-state index in [1.807, 2.05) is 6.08 Å². The number of carbonyl (C=O) groups excluding carboxylic acids is 1. The monoisotopic (exact) mass is 496 g/mol. The van der Waals surface area contributed by atoms with E-state index >= 15 is 0 Å². The van der Waals surface area contributed by atoms with Crippen LogP contribution in [0.2, 0.25) is 19.6 Å². The number of esters is 1. The lowest BCUT2D eigenvalue weighted by Crippen LogP contribution is -2.43. The average Bonchev–Trinajstić information content (AvgIpc) is 2.79. The SMILES string of the molecule is C[C@@H]1CC[C@@H](C(C)(C)c2ccccc2)[C@H](OC(=O)/C=C/CCCC2=C(O[Si](C)(C)C)CCCC2)C1. The summed E-state index contributed by atoms with van der Waals surface area (Å²) in [5.74, 6) is 2.02. The van der Waals surface area contributed by atoms with Crippen molar-refractivity contribution in [2.24, 2.45) is 11.8 Å². The zero-order valence-electron chi connectivity index (χ0n) is 23.1. The molecule has 0 spiro atoms. The van der Waals surface area contributed by atoms with E-state index in [-0.39, 0.29) is 17.5 Å². The molecule has 0 amide bonds. The van der Waals surface area contributed by atoms with Crippen molar-refractivity contribution < 1.29 is 14.0 Å². The highest BCUT2D eigenvalue weighted by Gasteiger charge is 2.41. The smallest absolute Gasteiger partial charge is 0.330 e. The first-order valence-corrected chi connectivity index (χ1v) is 17.3. The van der Waals surface area contributed by atoms with Crippen molar-refractivity contribution in [1.82, 2.24) is 0 Å². The molecule has 1 fully saturated rings. The van der Waals surface area contributed by atoms with Crippen LogP contribution in [0.1, 0.15) is 90.5 Å². The molecule has 2 aliphatic rings. The molecule has 0 bridgehead atoms. The summed E-state index contributed by atoms with van der Waals surface area (Å²) in [4.78, 5) is 12.8. The lowest BCUT2D eigenvalue weighted by Gasteiger charge is -2.43. The first kappa shape index (κ1) is 27.8. The van der Waals surface area contributed by atoms with Gasteiger partial charge in [0.15, 0.2) is 0 Å². The molecule has 0 unspecified atom stereocenters. The molecule has 0 aromatic heterocycles. The minimum atomic E-state index is -1.56. The summed E-state index contributed by atoms with van der Waals surface area (Å²) in [6.45, 7) is 13.7. The molecule has 194 valence electrons. The summed E-state index contributed by atoms with van der Waals surface area (Å²) in [6, 6.07) is 10.7. The zero-order chi connectivity index (χ0) is 25.5. The van der Waals surface area contributed by atoms with Crippen LogP contribution in [-0.2, 0) is 19.4 Å². The Morgan fingerprint density at radius 1 is 1.09 bits per heavy atom. The highest BCUT2D eigenvalue weighted by Crippen LogP contribution is 2.43. The molecule has 0 heterocycles. The van der Waals surface area contributed by atoms with Gasteiger partial charge in [-0.05, 0) is 93.5 Å². The third-order valence-electron chi connectivity index (χ3n) is 7.83. The Morgan fingerprint density at radius 3 is 2.51 bits per heavy atom. The highest BCUT2D eigenvalue weighted by atomic mass is 28.4. The number of unbranched alkanes of at least 4 members (excludes halogenated alkanes) is 1. The van der Waals surface area contributed by atoms with Crippen molar-refractivity contribution in [3.63, 3.8) is 0 Å². The van der Waals surface area contributed by atoms with Crippen molar-refractivity contribution in [2.75, 3.05) is 0 Å². The van der Waals surface area contributed by atoms with Crippen LogP contribution in [0.15, 0.2) is 53.8 Å². The minimum Gasteiger partial charge on any atom is -0.547 e. The maximum Gasteiger partial charge on any atom is 0.330 e. The molecule has 0 N–H and O–H groups in total. The van der Waals surface area contributed by atoms with Gasteiger partial charge in [-0.1, -0.05) is 63.6 Å². The third-order valence-corrected chi connectivity index (χ3v) is 8.68. The van der Waals surface area contributed by atoms with Gasteiger partial charge in [0.05, 0.1) is 5.76 Å². The van der Waals surface area contributed by atoms with E-state index in [9.17, 15) is 4.79 Å². The van der Waals surface area contributed by atoms with Crippen LogP contribution < -0.4 is 0 Å². The van der Waals surface area contributed by atoms with Crippen LogP contribution in [-0.4, -0.2) is 20.4 Å². The second kappa shape index (κ2) is 12.4. The quantitative estimate of drug-likeness (QED) is 0.141. The summed E-state index contributed by atoms with van der Waals surface area (Å²) < 4.78 is 12.5. The average molecular weight is 497 g/mol. The molecule has 1 saturated carbocycles. The van der Waals surface area contributed by atoms with Gasteiger partial charge in [0, 0.05) is 18.4 Å². The van der Waals surface area contributed by atoms with Crippen LogP contribution in [0.25, 0.3) is 0 Å². The Bertz CT molecular complexity index is 878. The number of benzene rings is 1. The topological polar surface area (TPSA) is 35.5 Å². The third kappa shape index (κ3) is 8.37. The Kier molecular flexibility index (Phi) is 9.86. The fourth-order valence-corrected chi connectivity index (χ4v) is 6.85. The molecule has 0 radical (unpaired) electrons. The van der Waals surface area contributed by atoms with E-state index in [0.29, 0.717) is 11.8 Å². The molecule has 1 aromatic rings. The first-order valence-electron chi connectivity index (χ1n) is 13.9. The Labute approximate surface area is 215 Å². The highest BCUT2D eigenvalue weighted by molar-refractivity contribution is 6.70. The number of hydrogen-bond acceptors (Lipinski definition) is 3.